The van der Waals surface area contributed by atoms with Crippen LogP contribution in [0.1, 0.15) is 36.8 Å². The van der Waals surface area contributed by atoms with Crippen LogP contribution in [0.3, 0.4) is 0 Å². The quantitative estimate of drug-likeness (QED) is 0.186. The molecule has 2 saturated carbocycles. The van der Waals surface area contributed by atoms with E-state index < -0.39 is 0 Å². The van der Waals surface area contributed by atoms with Crippen LogP contribution in [0.15, 0.2) is 140 Å². The lowest BCUT2D eigenvalue weighted by molar-refractivity contribution is 0.327. The van der Waals surface area contributed by atoms with E-state index in [-0.39, 0.29) is 12.1 Å². The second kappa shape index (κ2) is 9.04. The Bertz CT molecular complexity index is 2220. The first-order valence-electron chi connectivity index (χ1n) is 17.0. The Morgan fingerprint density at radius 1 is 0.522 bits per heavy atom. The maximum Gasteiger partial charge on any atom is 0.252 e. The second-order valence-corrected chi connectivity index (χ2v) is 14.1. The average Bonchev–Trinajstić information content (AvgIpc) is 3.81. The lowest BCUT2D eigenvalue weighted by Gasteiger charge is -2.44. The summed E-state index contributed by atoms with van der Waals surface area (Å²) in [5.41, 5.74) is 17.9. The van der Waals surface area contributed by atoms with Crippen LogP contribution in [0, 0.1) is 11.8 Å². The molecular weight excluding hydrogens is 555 g/mol. The molecule has 0 aromatic heterocycles. The first-order chi connectivity index (χ1) is 22.8. The lowest BCUT2D eigenvalue weighted by Crippen LogP contribution is -2.61. The molecule has 6 aromatic carbocycles. The van der Waals surface area contributed by atoms with Gasteiger partial charge >= 0.3 is 0 Å². The molecule has 2 bridgehead atoms. The fourth-order valence-corrected chi connectivity index (χ4v) is 10.6. The summed E-state index contributed by atoms with van der Waals surface area (Å²) in [6, 6.07) is 52.7. The van der Waals surface area contributed by atoms with Crippen molar-refractivity contribution in [3.63, 3.8) is 0 Å². The summed E-state index contributed by atoms with van der Waals surface area (Å²) >= 11 is 0. The van der Waals surface area contributed by atoms with Crippen LogP contribution < -0.4 is 26.2 Å². The molecule has 0 saturated heterocycles. The summed E-state index contributed by atoms with van der Waals surface area (Å²) in [5.74, 6) is 1.60. The number of anilines is 6. The predicted molar refractivity (Wildman–Crippen MR) is 192 cm³/mol. The Balaban J connectivity index is 1.21. The van der Waals surface area contributed by atoms with Crippen molar-refractivity contribution in [2.75, 3.05) is 9.80 Å². The molecule has 1 spiro atoms. The largest absolute Gasteiger partial charge is 0.311 e. The Morgan fingerprint density at radius 3 is 1.89 bits per heavy atom. The Kier molecular flexibility index (Phi) is 4.95. The van der Waals surface area contributed by atoms with Gasteiger partial charge in [-0.3, -0.25) is 0 Å². The summed E-state index contributed by atoms with van der Waals surface area (Å²) in [5, 5.41) is 0. The lowest BCUT2D eigenvalue weighted by atomic mass is 9.33. The highest BCUT2D eigenvalue weighted by atomic mass is 15.2. The van der Waals surface area contributed by atoms with E-state index in [0.29, 0.717) is 0 Å². The molecule has 218 valence electrons. The van der Waals surface area contributed by atoms with Crippen LogP contribution in [-0.4, -0.2) is 6.71 Å². The van der Waals surface area contributed by atoms with Crippen LogP contribution in [0.2, 0.25) is 0 Å². The van der Waals surface area contributed by atoms with Crippen molar-refractivity contribution in [1.82, 2.24) is 0 Å². The minimum absolute atomic E-state index is 0.155. The monoisotopic (exact) mass is 588 g/mol. The number of benzene rings is 6. The Morgan fingerprint density at radius 2 is 1.13 bits per heavy atom. The first kappa shape index (κ1) is 25.2. The van der Waals surface area contributed by atoms with Gasteiger partial charge in [-0.2, -0.15) is 0 Å². The molecule has 6 aromatic rings. The zero-order valence-corrected chi connectivity index (χ0v) is 25.7. The van der Waals surface area contributed by atoms with E-state index in [9.17, 15) is 0 Å². The van der Waals surface area contributed by atoms with E-state index in [1.54, 1.807) is 11.1 Å². The molecule has 11 rings (SSSR count). The average molecular weight is 589 g/mol. The SMILES string of the molecule is c1ccc(N2c3ccccc3B3c4ccccc4N(c4cccc5c4-c4ccccc4[C@@]54CC5CCC4C5)c4cccc2c43)cc1. The van der Waals surface area contributed by atoms with Crippen LogP contribution >= 0.6 is 0 Å². The fourth-order valence-electron chi connectivity index (χ4n) is 10.6. The first-order valence-corrected chi connectivity index (χ1v) is 17.0. The van der Waals surface area contributed by atoms with E-state index in [4.69, 9.17) is 0 Å². The van der Waals surface area contributed by atoms with Crippen molar-refractivity contribution in [2.24, 2.45) is 11.8 Å². The van der Waals surface area contributed by atoms with Gasteiger partial charge in [0, 0.05) is 39.4 Å². The molecule has 0 radical (unpaired) electrons. The van der Waals surface area contributed by atoms with E-state index in [1.807, 2.05) is 0 Å². The van der Waals surface area contributed by atoms with Gasteiger partial charge in [0.05, 0.1) is 5.69 Å². The Labute approximate surface area is 271 Å². The summed E-state index contributed by atoms with van der Waals surface area (Å²) in [4.78, 5) is 5.09. The minimum atomic E-state index is 0.155. The van der Waals surface area contributed by atoms with Gasteiger partial charge in [-0.15, -0.1) is 0 Å². The third kappa shape index (κ3) is 3.04. The van der Waals surface area contributed by atoms with Crippen LogP contribution in [0.25, 0.3) is 11.1 Å². The summed E-state index contributed by atoms with van der Waals surface area (Å²) in [6.07, 6.45) is 5.44. The van der Waals surface area contributed by atoms with Crippen molar-refractivity contribution < 1.29 is 0 Å². The third-order valence-corrected chi connectivity index (χ3v) is 12.1. The number of nitrogens with zero attached hydrogens (tertiary/aromatic N) is 2. The standard InChI is InChI=1S/C43H33BN2/c1-2-12-30(13-3-1)45-36-19-8-6-17-34(36)44-35-18-7-9-20-37(35)46(40-23-11-22-39(45)42(40)44)38-21-10-16-33-41(38)31-14-4-5-15-32(31)43(33)27-28-24-25-29(43)26-28/h1-23,28-29H,24-27H2/t28?,29?,43-/m0/s1. The van der Waals surface area contributed by atoms with Crippen molar-refractivity contribution in [3.05, 3.63) is 151 Å². The fraction of sp³-hybridized carbons (Fsp3) is 0.163. The molecule has 2 fully saturated rings. The number of hydrogen-bond donors (Lipinski definition) is 0. The number of fused-ring (bicyclic) bond motifs is 12. The smallest absolute Gasteiger partial charge is 0.252 e. The van der Waals surface area contributed by atoms with Crippen molar-refractivity contribution >= 4 is 57.2 Å². The van der Waals surface area contributed by atoms with E-state index >= 15 is 0 Å². The highest BCUT2D eigenvalue weighted by Crippen LogP contribution is 2.67. The van der Waals surface area contributed by atoms with Gasteiger partial charge in [-0.25, -0.2) is 0 Å². The molecule has 3 heteroatoms. The molecule has 2 heterocycles. The number of hydrogen-bond acceptors (Lipinski definition) is 2. The summed E-state index contributed by atoms with van der Waals surface area (Å²) < 4.78 is 0. The highest BCUT2D eigenvalue weighted by Gasteiger charge is 2.57. The maximum atomic E-state index is 2.61. The molecular formula is C43H33BN2. The predicted octanol–water partition coefficient (Wildman–Crippen LogP) is 8.86. The zero-order valence-electron chi connectivity index (χ0n) is 25.7. The molecule has 2 unspecified atom stereocenters. The number of para-hydroxylation sites is 3. The van der Waals surface area contributed by atoms with Crippen molar-refractivity contribution in [3.8, 4) is 11.1 Å². The zero-order chi connectivity index (χ0) is 30.0. The van der Waals surface area contributed by atoms with Crippen molar-refractivity contribution in [2.45, 2.75) is 31.1 Å². The summed E-state index contributed by atoms with van der Waals surface area (Å²) in [6.45, 7) is 0.163. The van der Waals surface area contributed by atoms with Crippen LogP contribution in [0.5, 0.6) is 0 Å². The molecule has 3 aliphatic carbocycles. The van der Waals surface area contributed by atoms with E-state index in [2.05, 4.69) is 149 Å². The molecule has 2 aliphatic heterocycles. The van der Waals surface area contributed by atoms with Crippen LogP contribution in [-0.2, 0) is 5.41 Å². The topological polar surface area (TPSA) is 6.48 Å². The van der Waals surface area contributed by atoms with E-state index in [0.717, 1.165) is 11.8 Å². The van der Waals surface area contributed by atoms with Gasteiger partial charge in [0.2, 0.25) is 0 Å². The van der Waals surface area contributed by atoms with Crippen molar-refractivity contribution in [1.29, 1.82) is 0 Å². The van der Waals surface area contributed by atoms with Gasteiger partial charge in [0.1, 0.15) is 0 Å². The third-order valence-electron chi connectivity index (χ3n) is 12.1. The van der Waals surface area contributed by atoms with Crippen LogP contribution in [0.4, 0.5) is 34.1 Å². The molecule has 0 N–H and O–H groups in total. The van der Waals surface area contributed by atoms with Gasteiger partial charge in [0.25, 0.3) is 6.71 Å². The molecule has 46 heavy (non-hydrogen) atoms. The van der Waals surface area contributed by atoms with E-state index in [1.165, 1.54) is 87.3 Å². The highest BCUT2D eigenvalue weighted by molar-refractivity contribution is 7.00. The minimum Gasteiger partial charge on any atom is -0.311 e. The molecule has 3 atom stereocenters. The van der Waals surface area contributed by atoms with Gasteiger partial charge < -0.3 is 9.80 Å². The molecule has 0 amide bonds. The van der Waals surface area contributed by atoms with Gasteiger partial charge in [0.15, 0.2) is 0 Å². The van der Waals surface area contributed by atoms with Gasteiger partial charge in [-0.1, -0.05) is 103 Å². The summed E-state index contributed by atoms with van der Waals surface area (Å²) in [7, 11) is 0. The van der Waals surface area contributed by atoms with Gasteiger partial charge in [-0.05, 0) is 107 Å². The molecule has 5 aliphatic rings. The Hall–Kier alpha value is -5.02. The second-order valence-electron chi connectivity index (χ2n) is 14.1. The molecule has 2 nitrogen and oxygen atoms in total. The normalized spacial score (nSPS) is 22.4. The number of rotatable bonds is 2. The maximum absolute atomic E-state index is 2.61.